The number of piperazine rings is 1. The number of alkyl halides is 3. The summed E-state index contributed by atoms with van der Waals surface area (Å²) >= 11 is 0. The van der Waals surface area contributed by atoms with Gasteiger partial charge in [-0.2, -0.15) is 13.2 Å². The average Bonchev–Trinajstić information content (AvgIpc) is 2.69. The zero-order valence-electron chi connectivity index (χ0n) is 16.1. The molecule has 2 aromatic carbocycles. The van der Waals surface area contributed by atoms with Crippen LogP contribution in [0.2, 0.25) is 0 Å². The molecule has 30 heavy (non-hydrogen) atoms. The summed E-state index contributed by atoms with van der Waals surface area (Å²) in [4.78, 5) is 13.3. The van der Waals surface area contributed by atoms with E-state index in [-0.39, 0.29) is 5.69 Å². The Bertz CT molecular complexity index is 1050. The topological polar surface area (TPSA) is 83.8 Å². The van der Waals surface area contributed by atoms with E-state index in [2.05, 4.69) is 4.90 Å². The van der Waals surface area contributed by atoms with Crippen molar-refractivity contribution in [3.8, 4) is 0 Å². The molecule has 7 nitrogen and oxygen atoms in total. The number of hydrogen-bond acceptors (Lipinski definition) is 6. The maximum atomic E-state index is 12.8. The molecule has 0 radical (unpaired) electrons. The van der Waals surface area contributed by atoms with Gasteiger partial charge in [0, 0.05) is 38.8 Å². The molecule has 162 valence electrons. The molecule has 3 rings (SSSR count). The van der Waals surface area contributed by atoms with Crippen LogP contribution in [-0.4, -0.2) is 49.9 Å². The minimum atomic E-state index is -5.66. The van der Waals surface area contributed by atoms with Gasteiger partial charge in [-0.1, -0.05) is 24.3 Å². The van der Waals surface area contributed by atoms with Crippen LogP contribution in [-0.2, 0) is 16.4 Å². The second-order valence-corrected chi connectivity index (χ2v) is 8.99. The Balaban J connectivity index is 1.78. The van der Waals surface area contributed by atoms with E-state index in [0.29, 0.717) is 32.2 Å². The number of benzene rings is 2. The summed E-state index contributed by atoms with van der Waals surface area (Å²) in [5.41, 5.74) is -3.73. The first-order chi connectivity index (χ1) is 14.0. The summed E-state index contributed by atoms with van der Waals surface area (Å²) in [6.07, 6.45) is 0. The van der Waals surface area contributed by atoms with Crippen molar-refractivity contribution in [2.75, 3.05) is 31.1 Å². The summed E-state index contributed by atoms with van der Waals surface area (Å²) in [6.45, 7) is 4.81. The third kappa shape index (κ3) is 4.41. The van der Waals surface area contributed by atoms with E-state index in [1.165, 1.54) is 5.56 Å². The summed E-state index contributed by atoms with van der Waals surface area (Å²) in [6, 6.07) is 10.3. The van der Waals surface area contributed by atoms with Gasteiger partial charge in [0.25, 0.3) is 15.5 Å². The highest BCUT2D eigenvalue weighted by molar-refractivity contribution is 7.92. The third-order valence-electron chi connectivity index (χ3n) is 5.13. The minimum absolute atomic E-state index is 0.108. The Hall–Kier alpha value is -2.66. The normalized spacial score (nSPS) is 15.9. The van der Waals surface area contributed by atoms with E-state index in [9.17, 15) is 31.7 Å². The Morgan fingerprint density at radius 1 is 1.07 bits per heavy atom. The maximum Gasteiger partial charge on any atom is 0.501 e. The van der Waals surface area contributed by atoms with Crippen LogP contribution in [0.5, 0.6) is 0 Å². The number of anilines is 1. The smallest absolute Gasteiger partial charge is 0.363 e. The van der Waals surface area contributed by atoms with Gasteiger partial charge in [0.05, 0.1) is 9.82 Å². The number of halogens is 3. The molecule has 1 fully saturated rings. The zero-order chi connectivity index (χ0) is 22.1. The fraction of sp³-hybridized carbons (Fsp3) is 0.368. The van der Waals surface area contributed by atoms with E-state index < -0.39 is 30.9 Å². The fourth-order valence-electron chi connectivity index (χ4n) is 3.39. The van der Waals surface area contributed by atoms with Crippen molar-refractivity contribution in [1.82, 2.24) is 4.90 Å². The second-order valence-electron chi connectivity index (χ2n) is 7.05. The van der Waals surface area contributed by atoms with Gasteiger partial charge < -0.3 is 4.90 Å². The van der Waals surface area contributed by atoms with Crippen LogP contribution in [0.25, 0.3) is 0 Å². The molecule has 2 aromatic rings. The first kappa shape index (κ1) is 22.0. The lowest BCUT2D eigenvalue weighted by Gasteiger charge is -2.36. The van der Waals surface area contributed by atoms with Gasteiger partial charge in [-0.15, -0.1) is 0 Å². The summed E-state index contributed by atoms with van der Waals surface area (Å²) in [7, 11) is -5.66. The van der Waals surface area contributed by atoms with Gasteiger partial charge in [0.2, 0.25) is 0 Å². The Morgan fingerprint density at radius 2 is 1.70 bits per heavy atom. The number of nitro benzene ring substituents is 1. The van der Waals surface area contributed by atoms with Gasteiger partial charge in [-0.05, 0) is 30.2 Å². The second kappa shape index (κ2) is 8.23. The highest BCUT2D eigenvalue weighted by Gasteiger charge is 2.47. The van der Waals surface area contributed by atoms with Crippen molar-refractivity contribution in [1.29, 1.82) is 0 Å². The van der Waals surface area contributed by atoms with E-state index in [1.54, 1.807) is 4.90 Å². The lowest BCUT2D eigenvalue weighted by Crippen LogP contribution is -2.46. The van der Waals surface area contributed by atoms with Gasteiger partial charge >= 0.3 is 5.51 Å². The monoisotopic (exact) mass is 443 g/mol. The van der Waals surface area contributed by atoms with Crippen molar-refractivity contribution >= 4 is 21.2 Å². The van der Waals surface area contributed by atoms with Crippen molar-refractivity contribution < 1.29 is 26.5 Å². The molecule has 0 unspecified atom stereocenters. The van der Waals surface area contributed by atoms with Crippen LogP contribution >= 0.6 is 0 Å². The van der Waals surface area contributed by atoms with E-state index in [1.807, 2.05) is 31.2 Å². The quantitative estimate of drug-likeness (QED) is 0.519. The molecule has 1 aliphatic heterocycles. The standard InChI is InChI=1S/C19H20F3N3O4S/c1-14-4-2-3-5-15(14)13-23-8-10-24(11-9-23)17-7-6-16(12-18(17)25(26)27)30(28,29)19(20,21)22/h2-7,12H,8-11,13H2,1H3. The van der Waals surface area contributed by atoms with Crippen molar-refractivity contribution in [3.05, 3.63) is 63.7 Å². The Labute approximate surface area is 171 Å². The van der Waals surface area contributed by atoms with Crippen LogP contribution in [0.1, 0.15) is 11.1 Å². The molecule has 11 heteroatoms. The van der Waals surface area contributed by atoms with Crippen molar-refractivity contribution in [2.45, 2.75) is 23.9 Å². The molecular weight excluding hydrogens is 423 g/mol. The predicted molar refractivity (Wildman–Crippen MR) is 105 cm³/mol. The first-order valence-corrected chi connectivity index (χ1v) is 10.6. The van der Waals surface area contributed by atoms with E-state index >= 15 is 0 Å². The molecule has 0 aromatic heterocycles. The van der Waals surface area contributed by atoms with Crippen LogP contribution in [0.15, 0.2) is 47.4 Å². The van der Waals surface area contributed by atoms with E-state index in [0.717, 1.165) is 24.2 Å². The average molecular weight is 443 g/mol. The molecule has 1 heterocycles. The van der Waals surface area contributed by atoms with Crippen LogP contribution in [0.4, 0.5) is 24.5 Å². The zero-order valence-corrected chi connectivity index (χ0v) is 16.9. The molecule has 0 atom stereocenters. The highest BCUT2D eigenvalue weighted by atomic mass is 32.2. The first-order valence-electron chi connectivity index (χ1n) is 9.12. The summed E-state index contributed by atoms with van der Waals surface area (Å²) in [5.74, 6) is 0. The van der Waals surface area contributed by atoms with Gasteiger partial charge in [-0.25, -0.2) is 8.42 Å². The maximum absolute atomic E-state index is 12.8. The molecule has 0 saturated carbocycles. The van der Waals surface area contributed by atoms with Gasteiger partial charge in [-0.3, -0.25) is 15.0 Å². The third-order valence-corrected chi connectivity index (χ3v) is 6.61. The molecular formula is C19H20F3N3O4S. The largest absolute Gasteiger partial charge is 0.501 e. The molecule has 1 saturated heterocycles. The SMILES string of the molecule is Cc1ccccc1CN1CCN(c2ccc(S(=O)(=O)C(F)(F)F)cc2[N+](=O)[O-])CC1. The molecule has 1 aliphatic rings. The number of nitrogens with zero attached hydrogens (tertiary/aromatic N) is 3. The lowest BCUT2D eigenvalue weighted by atomic mass is 10.1. The number of nitro groups is 1. The number of hydrogen-bond donors (Lipinski definition) is 0. The molecule has 0 N–H and O–H groups in total. The number of aryl methyl sites for hydroxylation is 1. The number of sulfone groups is 1. The molecule has 0 aliphatic carbocycles. The number of rotatable bonds is 5. The summed E-state index contributed by atoms with van der Waals surface area (Å²) in [5, 5.41) is 11.4. The fourth-order valence-corrected chi connectivity index (χ4v) is 4.17. The lowest BCUT2D eigenvalue weighted by molar-refractivity contribution is -0.384. The van der Waals surface area contributed by atoms with Gasteiger partial charge in [0.1, 0.15) is 5.69 Å². The van der Waals surface area contributed by atoms with Crippen LogP contribution < -0.4 is 4.90 Å². The Morgan fingerprint density at radius 3 is 2.27 bits per heavy atom. The van der Waals surface area contributed by atoms with Crippen molar-refractivity contribution in [2.24, 2.45) is 0 Å². The predicted octanol–water partition coefficient (Wildman–Crippen LogP) is 3.52. The Kier molecular flexibility index (Phi) is 6.04. The minimum Gasteiger partial charge on any atom is -0.363 e. The van der Waals surface area contributed by atoms with Crippen molar-refractivity contribution in [3.63, 3.8) is 0 Å². The van der Waals surface area contributed by atoms with E-state index in [4.69, 9.17) is 0 Å². The highest BCUT2D eigenvalue weighted by Crippen LogP contribution is 2.36. The molecule has 0 amide bonds. The van der Waals surface area contributed by atoms with Gasteiger partial charge in [0.15, 0.2) is 0 Å². The van der Waals surface area contributed by atoms with Crippen LogP contribution in [0, 0.1) is 17.0 Å². The molecule has 0 spiro atoms. The van der Waals surface area contributed by atoms with Crippen LogP contribution in [0.3, 0.4) is 0 Å². The molecule has 0 bridgehead atoms. The summed E-state index contributed by atoms with van der Waals surface area (Å²) < 4.78 is 61.5.